The van der Waals surface area contributed by atoms with Crippen molar-refractivity contribution in [3.63, 3.8) is 0 Å². The van der Waals surface area contributed by atoms with Crippen LogP contribution in [0.15, 0.2) is 29.0 Å². The Morgan fingerprint density at radius 2 is 2.28 bits per heavy atom. The molecule has 0 unspecified atom stereocenters. The zero-order chi connectivity index (χ0) is 12.4. The first-order valence-corrected chi connectivity index (χ1v) is 6.11. The lowest BCUT2D eigenvalue weighted by Crippen LogP contribution is -2.20. The zero-order valence-corrected chi connectivity index (χ0v) is 10.0. The van der Waals surface area contributed by atoms with Crippen LogP contribution in [-0.4, -0.2) is 27.9 Å². The molecule has 0 aromatic carbocycles. The maximum Gasteiger partial charge on any atom is 0.250 e. The fourth-order valence-corrected chi connectivity index (χ4v) is 2.38. The number of hydrogen-bond donors (Lipinski definition) is 1. The number of nitrogens with zero attached hydrogens (tertiary/aromatic N) is 3. The van der Waals surface area contributed by atoms with Gasteiger partial charge < -0.3 is 19.6 Å². The lowest BCUT2D eigenvalue weighted by atomic mass is 9.99. The van der Waals surface area contributed by atoms with Gasteiger partial charge in [-0.1, -0.05) is 5.16 Å². The lowest BCUT2D eigenvalue weighted by molar-refractivity contribution is 0.171. The van der Waals surface area contributed by atoms with E-state index in [0.717, 1.165) is 19.6 Å². The summed E-state index contributed by atoms with van der Waals surface area (Å²) in [5.41, 5.74) is 5.52. The van der Waals surface area contributed by atoms with E-state index >= 15 is 0 Å². The van der Waals surface area contributed by atoms with Gasteiger partial charge in [-0.15, -0.1) is 0 Å². The standard InChI is InChI=1S/C12H16N4O2/c13-7-10-14-12(18-15-10)11(9-3-6-17-8-9)16-4-1-2-5-16/h1-2,4-5,9,11H,3,6-8,13H2/t9-,11-/m0/s1. The van der Waals surface area contributed by atoms with Crippen molar-refractivity contribution in [1.29, 1.82) is 0 Å². The van der Waals surface area contributed by atoms with Crippen LogP contribution in [0, 0.1) is 5.92 Å². The summed E-state index contributed by atoms with van der Waals surface area (Å²) in [5.74, 6) is 1.52. The maximum absolute atomic E-state index is 5.52. The summed E-state index contributed by atoms with van der Waals surface area (Å²) >= 11 is 0. The molecule has 2 aromatic rings. The molecule has 18 heavy (non-hydrogen) atoms. The van der Waals surface area contributed by atoms with Crippen molar-refractivity contribution in [2.45, 2.75) is 19.0 Å². The van der Waals surface area contributed by atoms with Crippen molar-refractivity contribution >= 4 is 0 Å². The maximum atomic E-state index is 5.52. The summed E-state index contributed by atoms with van der Waals surface area (Å²) in [5, 5.41) is 3.87. The number of ether oxygens (including phenoxy) is 1. The number of rotatable bonds is 4. The molecule has 2 aromatic heterocycles. The van der Waals surface area contributed by atoms with Gasteiger partial charge in [0.05, 0.1) is 13.2 Å². The molecule has 6 nitrogen and oxygen atoms in total. The van der Waals surface area contributed by atoms with Gasteiger partial charge in [-0.05, 0) is 18.6 Å². The number of aromatic nitrogens is 3. The van der Waals surface area contributed by atoms with Crippen LogP contribution in [0.4, 0.5) is 0 Å². The van der Waals surface area contributed by atoms with Crippen molar-refractivity contribution in [1.82, 2.24) is 14.7 Å². The molecule has 0 saturated carbocycles. The van der Waals surface area contributed by atoms with Crippen molar-refractivity contribution in [2.24, 2.45) is 11.7 Å². The minimum Gasteiger partial charge on any atom is -0.381 e. The summed E-state index contributed by atoms with van der Waals surface area (Å²) in [6, 6.07) is 4.02. The third-order valence-electron chi connectivity index (χ3n) is 3.28. The predicted molar refractivity (Wildman–Crippen MR) is 63.7 cm³/mol. The summed E-state index contributed by atoms with van der Waals surface area (Å²) in [4.78, 5) is 4.35. The first-order valence-electron chi connectivity index (χ1n) is 6.11. The second-order valence-corrected chi connectivity index (χ2v) is 4.45. The Morgan fingerprint density at radius 3 is 2.89 bits per heavy atom. The molecular weight excluding hydrogens is 232 g/mol. The highest BCUT2D eigenvalue weighted by molar-refractivity contribution is 5.04. The van der Waals surface area contributed by atoms with E-state index in [0.29, 0.717) is 24.2 Å². The summed E-state index contributed by atoms with van der Waals surface area (Å²) < 4.78 is 12.9. The highest BCUT2D eigenvalue weighted by Gasteiger charge is 2.32. The van der Waals surface area contributed by atoms with Gasteiger partial charge in [-0.2, -0.15) is 4.98 Å². The van der Waals surface area contributed by atoms with E-state index in [-0.39, 0.29) is 6.04 Å². The van der Waals surface area contributed by atoms with Crippen molar-refractivity contribution in [2.75, 3.05) is 13.2 Å². The van der Waals surface area contributed by atoms with Crippen molar-refractivity contribution in [3.8, 4) is 0 Å². The van der Waals surface area contributed by atoms with Crippen LogP contribution < -0.4 is 5.73 Å². The average molecular weight is 248 g/mol. The van der Waals surface area contributed by atoms with E-state index in [2.05, 4.69) is 14.7 Å². The summed E-state index contributed by atoms with van der Waals surface area (Å²) in [6.07, 6.45) is 5.02. The van der Waals surface area contributed by atoms with Gasteiger partial charge in [0.2, 0.25) is 5.89 Å². The molecule has 0 aliphatic carbocycles. The van der Waals surface area contributed by atoms with Crippen LogP contribution in [0.5, 0.6) is 0 Å². The van der Waals surface area contributed by atoms with Gasteiger partial charge >= 0.3 is 0 Å². The molecule has 0 radical (unpaired) electrons. The quantitative estimate of drug-likeness (QED) is 0.871. The molecule has 2 N–H and O–H groups in total. The van der Waals surface area contributed by atoms with Gasteiger partial charge in [-0.25, -0.2) is 0 Å². The molecule has 3 heterocycles. The Labute approximate surface area is 105 Å². The molecule has 6 heteroatoms. The molecule has 2 atom stereocenters. The van der Waals surface area contributed by atoms with Gasteiger partial charge in [0.15, 0.2) is 5.82 Å². The van der Waals surface area contributed by atoms with Gasteiger partial charge in [0.1, 0.15) is 6.04 Å². The number of hydrogen-bond acceptors (Lipinski definition) is 5. The van der Waals surface area contributed by atoms with E-state index in [9.17, 15) is 0 Å². The fraction of sp³-hybridized carbons (Fsp3) is 0.500. The Hall–Kier alpha value is -1.66. The molecule has 0 spiro atoms. The van der Waals surface area contributed by atoms with Crippen LogP contribution in [-0.2, 0) is 11.3 Å². The SMILES string of the molecule is NCc1noc([C@H]([C@H]2CCOC2)n2cccc2)n1. The van der Waals surface area contributed by atoms with Gasteiger partial charge in [-0.3, -0.25) is 0 Å². The highest BCUT2D eigenvalue weighted by Crippen LogP contribution is 2.31. The molecule has 96 valence electrons. The minimum atomic E-state index is 0.0373. The topological polar surface area (TPSA) is 79.1 Å². The summed E-state index contributed by atoms with van der Waals surface area (Å²) in [7, 11) is 0. The van der Waals surface area contributed by atoms with Gasteiger partial charge in [0, 0.05) is 24.9 Å². The van der Waals surface area contributed by atoms with Crippen LogP contribution in [0.3, 0.4) is 0 Å². The van der Waals surface area contributed by atoms with E-state index in [1.54, 1.807) is 0 Å². The number of nitrogens with two attached hydrogens (primary N) is 1. The largest absolute Gasteiger partial charge is 0.381 e. The van der Waals surface area contributed by atoms with E-state index in [4.69, 9.17) is 15.0 Å². The molecule has 1 aliphatic heterocycles. The zero-order valence-electron chi connectivity index (χ0n) is 10.0. The normalized spacial score (nSPS) is 21.3. The molecule has 1 aliphatic rings. The third-order valence-corrected chi connectivity index (χ3v) is 3.28. The first kappa shape index (κ1) is 11.4. The molecular formula is C12H16N4O2. The molecule has 3 rings (SSSR count). The first-order chi connectivity index (χ1) is 8.88. The van der Waals surface area contributed by atoms with Crippen LogP contribution in [0.2, 0.25) is 0 Å². The molecule has 0 amide bonds. The van der Waals surface area contributed by atoms with Crippen molar-refractivity contribution < 1.29 is 9.26 Å². The predicted octanol–water partition coefficient (Wildman–Crippen LogP) is 0.956. The fourth-order valence-electron chi connectivity index (χ4n) is 2.38. The Balaban J connectivity index is 1.93. The lowest BCUT2D eigenvalue weighted by Gasteiger charge is -2.20. The van der Waals surface area contributed by atoms with Crippen molar-refractivity contribution in [3.05, 3.63) is 36.2 Å². The molecule has 0 bridgehead atoms. The average Bonchev–Trinajstić information content (AvgIpc) is 3.13. The molecule has 1 saturated heterocycles. The highest BCUT2D eigenvalue weighted by atomic mass is 16.5. The Morgan fingerprint density at radius 1 is 1.44 bits per heavy atom. The van der Waals surface area contributed by atoms with E-state index in [1.807, 2.05) is 24.5 Å². The minimum absolute atomic E-state index is 0.0373. The second-order valence-electron chi connectivity index (χ2n) is 4.45. The second kappa shape index (κ2) is 4.91. The smallest absolute Gasteiger partial charge is 0.250 e. The van der Waals surface area contributed by atoms with Crippen LogP contribution in [0.1, 0.15) is 24.2 Å². The Bertz CT molecular complexity index is 488. The van der Waals surface area contributed by atoms with Gasteiger partial charge in [0.25, 0.3) is 0 Å². The van der Waals surface area contributed by atoms with E-state index < -0.39 is 0 Å². The molecule has 1 fully saturated rings. The Kier molecular flexibility index (Phi) is 3.12. The van der Waals surface area contributed by atoms with Crippen LogP contribution >= 0.6 is 0 Å². The van der Waals surface area contributed by atoms with Crippen LogP contribution in [0.25, 0.3) is 0 Å². The summed E-state index contributed by atoms with van der Waals surface area (Å²) in [6.45, 7) is 1.81. The third kappa shape index (κ3) is 2.04. The van der Waals surface area contributed by atoms with E-state index in [1.165, 1.54) is 0 Å². The monoisotopic (exact) mass is 248 g/mol.